The van der Waals surface area contributed by atoms with Gasteiger partial charge in [0.15, 0.2) is 0 Å². The van der Waals surface area contributed by atoms with E-state index in [2.05, 4.69) is 64.2 Å². The molecule has 0 heterocycles. The van der Waals surface area contributed by atoms with Gasteiger partial charge >= 0.3 is 0 Å². The summed E-state index contributed by atoms with van der Waals surface area (Å²) in [6.07, 6.45) is 0.762. The fraction of sp³-hybridized carbons (Fsp3) is 0.588. The molecule has 0 aromatic heterocycles. The van der Waals surface area contributed by atoms with Crippen LogP contribution >= 0.6 is 0 Å². The van der Waals surface area contributed by atoms with Gasteiger partial charge in [0.2, 0.25) is 0 Å². The van der Waals surface area contributed by atoms with Crippen LogP contribution in [0, 0.1) is 0 Å². The van der Waals surface area contributed by atoms with Gasteiger partial charge in [-0.15, -0.1) is 0 Å². The SMILES string of the molecule is CC(=O)C(Cc1ccc(C(C)(C)C)cc1)NC(C)C. The van der Waals surface area contributed by atoms with Crippen LogP contribution in [0.3, 0.4) is 0 Å². The number of rotatable bonds is 5. The first-order valence-electron chi connectivity index (χ1n) is 7.06. The Kier molecular flexibility index (Phi) is 5.30. The number of carbonyl (C=O) groups excluding carboxylic acids is 1. The normalized spacial score (nSPS) is 13.6. The monoisotopic (exact) mass is 261 g/mol. The van der Waals surface area contributed by atoms with Crippen molar-refractivity contribution in [3.8, 4) is 0 Å². The highest BCUT2D eigenvalue weighted by molar-refractivity contribution is 5.81. The van der Waals surface area contributed by atoms with Crippen molar-refractivity contribution in [1.29, 1.82) is 0 Å². The van der Waals surface area contributed by atoms with Crippen molar-refractivity contribution in [2.75, 3.05) is 0 Å². The fourth-order valence-corrected chi connectivity index (χ4v) is 2.10. The summed E-state index contributed by atoms with van der Waals surface area (Å²) in [5.41, 5.74) is 2.71. The van der Waals surface area contributed by atoms with E-state index in [-0.39, 0.29) is 17.2 Å². The van der Waals surface area contributed by atoms with E-state index in [4.69, 9.17) is 0 Å². The Bertz CT molecular complexity index is 412. The molecule has 1 aromatic carbocycles. The molecule has 1 aromatic rings. The van der Waals surface area contributed by atoms with Gasteiger partial charge in [0.25, 0.3) is 0 Å². The number of hydrogen-bond donors (Lipinski definition) is 1. The van der Waals surface area contributed by atoms with Gasteiger partial charge in [0.05, 0.1) is 6.04 Å². The molecule has 1 N–H and O–H groups in total. The molecular formula is C17H27NO. The van der Waals surface area contributed by atoms with Gasteiger partial charge < -0.3 is 5.32 Å². The summed E-state index contributed by atoms with van der Waals surface area (Å²) in [5, 5.41) is 3.32. The number of carbonyl (C=O) groups is 1. The van der Waals surface area contributed by atoms with E-state index in [1.54, 1.807) is 6.92 Å². The summed E-state index contributed by atoms with van der Waals surface area (Å²) >= 11 is 0. The van der Waals surface area contributed by atoms with Crippen molar-refractivity contribution < 1.29 is 4.79 Å². The molecule has 0 bridgehead atoms. The molecule has 106 valence electrons. The average Bonchev–Trinajstić information content (AvgIpc) is 2.27. The second kappa shape index (κ2) is 6.33. The third kappa shape index (κ3) is 5.15. The van der Waals surface area contributed by atoms with Crippen LogP contribution in [0.15, 0.2) is 24.3 Å². The maximum Gasteiger partial charge on any atom is 0.147 e. The van der Waals surface area contributed by atoms with E-state index in [0.717, 1.165) is 6.42 Å². The molecule has 19 heavy (non-hydrogen) atoms. The maximum absolute atomic E-state index is 11.6. The Hall–Kier alpha value is -1.15. The van der Waals surface area contributed by atoms with E-state index >= 15 is 0 Å². The Morgan fingerprint density at radius 2 is 1.68 bits per heavy atom. The first kappa shape index (κ1) is 15.9. The lowest BCUT2D eigenvalue weighted by atomic mass is 9.86. The van der Waals surface area contributed by atoms with Crippen molar-refractivity contribution in [1.82, 2.24) is 5.32 Å². The van der Waals surface area contributed by atoms with Crippen LogP contribution < -0.4 is 5.32 Å². The molecule has 0 aliphatic heterocycles. The predicted octanol–water partition coefficient (Wildman–Crippen LogP) is 3.48. The van der Waals surface area contributed by atoms with Crippen molar-refractivity contribution in [2.24, 2.45) is 0 Å². The van der Waals surface area contributed by atoms with E-state index in [0.29, 0.717) is 6.04 Å². The molecule has 2 nitrogen and oxygen atoms in total. The fourth-order valence-electron chi connectivity index (χ4n) is 2.10. The summed E-state index contributed by atoms with van der Waals surface area (Å²) in [6.45, 7) is 12.4. The number of hydrogen-bond acceptors (Lipinski definition) is 2. The minimum Gasteiger partial charge on any atom is -0.305 e. The van der Waals surface area contributed by atoms with Crippen molar-refractivity contribution in [3.63, 3.8) is 0 Å². The van der Waals surface area contributed by atoms with Crippen LogP contribution in [0.4, 0.5) is 0 Å². The van der Waals surface area contributed by atoms with Gasteiger partial charge in [-0.2, -0.15) is 0 Å². The number of ketones is 1. The van der Waals surface area contributed by atoms with E-state index in [1.807, 2.05) is 0 Å². The third-order valence-electron chi connectivity index (χ3n) is 3.29. The summed E-state index contributed by atoms with van der Waals surface area (Å²) in [5.74, 6) is 0.202. The van der Waals surface area contributed by atoms with E-state index in [1.165, 1.54) is 11.1 Å². The zero-order chi connectivity index (χ0) is 14.6. The summed E-state index contributed by atoms with van der Waals surface area (Å²) in [4.78, 5) is 11.6. The molecule has 0 aliphatic rings. The summed E-state index contributed by atoms with van der Waals surface area (Å²) in [6, 6.07) is 8.85. The molecule has 0 fully saturated rings. The molecule has 0 saturated carbocycles. The minimum atomic E-state index is -0.0829. The number of benzene rings is 1. The van der Waals surface area contributed by atoms with Crippen LogP contribution in [0.2, 0.25) is 0 Å². The molecule has 1 unspecified atom stereocenters. The quantitative estimate of drug-likeness (QED) is 0.879. The smallest absolute Gasteiger partial charge is 0.147 e. The second-order valence-electron chi connectivity index (χ2n) is 6.64. The lowest BCUT2D eigenvalue weighted by molar-refractivity contribution is -0.119. The molecule has 1 rings (SSSR count). The van der Waals surface area contributed by atoms with Crippen LogP contribution in [0.25, 0.3) is 0 Å². The molecule has 0 aliphatic carbocycles. The van der Waals surface area contributed by atoms with Gasteiger partial charge in [-0.25, -0.2) is 0 Å². The summed E-state index contributed by atoms with van der Waals surface area (Å²) in [7, 11) is 0. The third-order valence-corrected chi connectivity index (χ3v) is 3.29. The van der Waals surface area contributed by atoms with Gasteiger partial charge in [-0.1, -0.05) is 58.9 Å². The largest absolute Gasteiger partial charge is 0.305 e. The average molecular weight is 261 g/mol. The molecule has 1 atom stereocenters. The Morgan fingerprint density at radius 3 is 2.05 bits per heavy atom. The van der Waals surface area contributed by atoms with Crippen LogP contribution in [-0.2, 0) is 16.6 Å². The van der Waals surface area contributed by atoms with Crippen molar-refractivity contribution in [3.05, 3.63) is 35.4 Å². The Labute approximate surface area is 117 Å². The Balaban J connectivity index is 2.78. The van der Waals surface area contributed by atoms with E-state index in [9.17, 15) is 4.79 Å². The number of nitrogens with one attached hydrogen (secondary N) is 1. The maximum atomic E-state index is 11.6. The molecule has 2 heteroatoms. The highest BCUT2D eigenvalue weighted by Gasteiger charge is 2.17. The molecule has 0 saturated heterocycles. The van der Waals surface area contributed by atoms with Crippen LogP contribution in [0.1, 0.15) is 52.7 Å². The zero-order valence-electron chi connectivity index (χ0n) is 13.1. The van der Waals surface area contributed by atoms with Crippen molar-refractivity contribution >= 4 is 5.78 Å². The lowest BCUT2D eigenvalue weighted by Gasteiger charge is -2.21. The lowest BCUT2D eigenvalue weighted by Crippen LogP contribution is -2.41. The van der Waals surface area contributed by atoms with Gasteiger partial charge in [-0.05, 0) is 29.9 Å². The van der Waals surface area contributed by atoms with Crippen molar-refractivity contribution in [2.45, 2.75) is 65.5 Å². The molecule has 0 amide bonds. The highest BCUT2D eigenvalue weighted by atomic mass is 16.1. The second-order valence-corrected chi connectivity index (χ2v) is 6.64. The predicted molar refractivity (Wildman–Crippen MR) is 81.6 cm³/mol. The Morgan fingerprint density at radius 1 is 1.16 bits per heavy atom. The first-order chi connectivity index (χ1) is 8.70. The first-order valence-corrected chi connectivity index (χ1v) is 7.06. The summed E-state index contributed by atoms with van der Waals surface area (Å²) < 4.78 is 0. The van der Waals surface area contributed by atoms with Gasteiger partial charge in [-0.3, -0.25) is 4.79 Å². The topological polar surface area (TPSA) is 29.1 Å². The highest BCUT2D eigenvalue weighted by Crippen LogP contribution is 2.22. The van der Waals surface area contributed by atoms with Gasteiger partial charge in [0, 0.05) is 6.04 Å². The van der Waals surface area contributed by atoms with Gasteiger partial charge in [0.1, 0.15) is 5.78 Å². The molecule has 0 spiro atoms. The zero-order valence-corrected chi connectivity index (χ0v) is 13.1. The minimum absolute atomic E-state index is 0.0829. The van der Waals surface area contributed by atoms with Crippen LogP contribution in [-0.4, -0.2) is 17.9 Å². The number of Topliss-reactive ketones (excluding diaryl/α,β-unsaturated/α-hetero) is 1. The van der Waals surface area contributed by atoms with E-state index < -0.39 is 0 Å². The van der Waals surface area contributed by atoms with Crippen LogP contribution in [0.5, 0.6) is 0 Å². The molecular weight excluding hydrogens is 234 g/mol. The molecule has 0 radical (unpaired) electrons. The standard InChI is InChI=1S/C17H27NO/c1-12(2)18-16(13(3)19)11-14-7-9-15(10-8-14)17(4,5)6/h7-10,12,16,18H,11H2,1-6H3.